The summed E-state index contributed by atoms with van der Waals surface area (Å²) >= 11 is 0. The van der Waals surface area contributed by atoms with E-state index < -0.39 is 43.5 Å². The van der Waals surface area contributed by atoms with Gasteiger partial charge in [0.25, 0.3) is 0 Å². The summed E-state index contributed by atoms with van der Waals surface area (Å²) in [4.78, 5) is 46.2. The molecule has 0 saturated carbocycles. The van der Waals surface area contributed by atoms with E-state index in [2.05, 4.69) is 0 Å². The number of carbonyl (C=O) groups excluding carboxylic acids is 4. The average molecular weight is 345 g/mol. The molecule has 24 heavy (non-hydrogen) atoms. The summed E-state index contributed by atoms with van der Waals surface area (Å²) in [6.07, 6.45) is 0. The normalized spacial score (nSPS) is 11.2. The van der Waals surface area contributed by atoms with Gasteiger partial charge in [0.15, 0.2) is 0 Å². The lowest BCUT2D eigenvalue weighted by Crippen LogP contribution is -2.49. The smallest absolute Gasteiger partial charge is 0.0555 e. The minimum absolute atomic E-state index is 0.0354. The van der Waals surface area contributed by atoms with Gasteiger partial charge in [-0.25, -0.2) is 0 Å². The molecule has 0 aromatic carbocycles. The molecule has 0 fully saturated rings. The molecule has 0 saturated heterocycles. The van der Waals surface area contributed by atoms with Crippen LogP contribution >= 0.6 is 0 Å². The van der Waals surface area contributed by atoms with E-state index in [0.717, 1.165) is 4.90 Å². The Labute approximate surface area is 138 Å². The molecule has 138 valence electrons. The van der Waals surface area contributed by atoms with Crippen LogP contribution in [-0.2, 0) is 19.2 Å². The second-order valence-corrected chi connectivity index (χ2v) is 5.21. The molecule has 0 amide bonds. The predicted octanol–water partition coefficient (Wildman–Crippen LogP) is -7.48. The third-order valence-electron chi connectivity index (χ3n) is 2.99. The molecule has 11 nitrogen and oxygen atoms in total. The molecule has 0 aliphatic rings. The Morgan fingerprint density at radius 1 is 0.583 bits per heavy atom. The number of carboxylic acids is 4. The number of hydrogen-bond donors (Lipinski definition) is 0. The molecule has 0 spiro atoms. The first-order valence-corrected chi connectivity index (χ1v) is 7.02. The van der Waals surface area contributed by atoms with Crippen LogP contribution in [0.3, 0.4) is 0 Å². The topological polar surface area (TPSA) is 170 Å². The fraction of sp³-hybridized carbons (Fsp3) is 0.692. The Morgan fingerprint density at radius 2 is 0.917 bits per heavy atom. The van der Waals surface area contributed by atoms with Gasteiger partial charge in [0.1, 0.15) is 0 Å². The second-order valence-electron chi connectivity index (χ2n) is 5.21. The third kappa shape index (κ3) is 12.3. The molecule has 0 N–H and O–H groups in total. The van der Waals surface area contributed by atoms with Gasteiger partial charge in [-0.05, 0) is 7.05 Å². The van der Waals surface area contributed by atoms with Crippen LogP contribution in [0.25, 0.3) is 0 Å². The van der Waals surface area contributed by atoms with E-state index in [0.29, 0.717) is 0 Å². The molecule has 0 bridgehead atoms. The van der Waals surface area contributed by atoms with Crippen LogP contribution in [-0.4, -0.2) is 98.0 Å². The highest BCUT2D eigenvalue weighted by molar-refractivity contribution is 5.70. The van der Waals surface area contributed by atoms with E-state index in [4.69, 9.17) is 0 Å². The van der Waals surface area contributed by atoms with Crippen LogP contribution in [0.15, 0.2) is 0 Å². The van der Waals surface area contributed by atoms with Gasteiger partial charge < -0.3 is 39.6 Å². The van der Waals surface area contributed by atoms with Crippen molar-refractivity contribution in [3.63, 3.8) is 0 Å². The number of hydrogen-bond acceptors (Lipinski definition) is 11. The summed E-state index contributed by atoms with van der Waals surface area (Å²) < 4.78 is 0. The predicted molar refractivity (Wildman–Crippen MR) is 70.4 cm³/mol. The van der Waals surface area contributed by atoms with Gasteiger partial charge in [-0.1, -0.05) is 0 Å². The summed E-state index contributed by atoms with van der Waals surface area (Å²) in [5.74, 6) is -5.60. The first kappa shape index (κ1) is 21.8. The lowest BCUT2D eigenvalue weighted by atomic mass is 10.3. The molecule has 0 aliphatic heterocycles. The summed E-state index contributed by atoms with van der Waals surface area (Å²) in [5.41, 5.74) is 0. The molecule has 0 unspecified atom stereocenters. The number of aliphatic carboxylic acids is 4. The quantitative estimate of drug-likeness (QED) is 0.293. The summed E-state index contributed by atoms with van der Waals surface area (Å²) in [7, 11) is 1.51. The van der Waals surface area contributed by atoms with Gasteiger partial charge in [-0.15, -0.1) is 0 Å². The zero-order valence-corrected chi connectivity index (χ0v) is 13.3. The number of carbonyl (C=O) groups is 4. The fourth-order valence-electron chi connectivity index (χ4n) is 1.93. The second kappa shape index (κ2) is 11.3. The Balaban J connectivity index is 4.56. The highest BCUT2D eigenvalue weighted by Crippen LogP contribution is 1.94. The van der Waals surface area contributed by atoms with E-state index >= 15 is 0 Å². The molecular weight excluding hydrogens is 326 g/mol. The highest BCUT2D eigenvalue weighted by atomic mass is 16.4. The molecule has 0 aliphatic carbocycles. The molecule has 0 radical (unpaired) electrons. The summed E-state index contributed by atoms with van der Waals surface area (Å²) in [5, 5.41) is 42.4. The summed E-state index contributed by atoms with van der Waals surface area (Å²) in [6, 6.07) is 0. The Hall–Kier alpha value is -2.24. The van der Waals surface area contributed by atoms with Gasteiger partial charge in [0, 0.05) is 52.4 Å². The molecule has 0 aromatic rings. The number of carboxylic acid groups (broad SMARTS) is 4. The van der Waals surface area contributed by atoms with Gasteiger partial charge in [0.05, 0.1) is 23.9 Å². The Bertz CT molecular complexity index is 440. The minimum Gasteiger partial charge on any atom is -0.549 e. The van der Waals surface area contributed by atoms with Crippen molar-refractivity contribution in [3.05, 3.63) is 0 Å². The number of nitrogens with zero attached hydrogens (tertiary/aromatic N) is 3. The fourth-order valence-corrected chi connectivity index (χ4v) is 1.93. The van der Waals surface area contributed by atoms with Crippen LogP contribution in [0, 0.1) is 0 Å². The SMILES string of the molecule is CN(CCN(CCN(CC(=O)[O-])CC(=O)[O-])CC(=O)[O-])CC(=O)[O-]. The van der Waals surface area contributed by atoms with Crippen LogP contribution in [0.5, 0.6) is 0 Å². The first-order chi connectivity index (χ1) is 11.1. The van der Waals surface area contributed by atoms with Gasteiger partial charge in [0.2, 0.25) is 0 Å². The van der Waals surface area contributed by atoms with Crippen LogP contribution < -0.4 is 20.4 Å². The third-order valence-corrected chi connectivity index (χ3v) is 2.99. The maximum atomic E-state index is 10.7. The lowest BCUT2D eigenvalue weighted by Gasteiger charge is -2.29. The summed E-state index contributed by atoms with van der Waals surface area (Å²) in [6.45, 7) is -1.74. The van der Waals surface area contributed by atoms with Gasteiger partial charge in [-0.3, -0.25) is 14.7 Å². The largest absolute Gasteiger partial charge is 0.549 e. The zero-order chi connectivity index (χ0) is 18.7. The molecule has 11 heteroatoms. The molecule has 0 aromatic heterocycles. The first-order valence-electron chi connectivity index (χ1n) is 7.02. The van der Waals surface area contributed by atoms with E-state index in [9.17, 15) is 39.6 Å². The average Bonchev–Trinajstić information content (AvgIpc) is 2.39. The van der Waals surface area contributed by atoms with Crippen molar-refractivity contribution in [2.75, 3.05) is 59.4 Å². The van der Waals surface area contributed by atoms with E-state index in [1.165, 1.54) is 16.8 Å². The zero-order valence-electron chi connectivity index (χ0n) is 13.3. The van der Waals surface area contributed by atoms with Crippen molar-refractivity contribution in [1.29, 1.82) is 0 Å². The van der Waals surface area contributed by atoms with Crippen LogP contribution in [0.2, 0.25) is 0 Å². The van der Waals surface area contributed by atoms with Crippen LogP contribution in [0.4, 0.5) is 0 Å². The highest BCUT2D eigenvalue weighted by Gasteiger charge is 2.11. The molecule has 0 rings (SSSR count). The van der Waals surface area contributed by atoms with Crippen molar-refractivity contribution >= 4 is 23.9 Å². The van der Waals surface area contributed by atoms with E-state index in [1.54, 1.807) is 0 Å². The van der Waals surface area contributed by atoms with Crippen LogP contribution in [0.1, 0.15) is 0 Å². The molecular formula is C13H19N3O8-4. The maximum Gasteiger partial charge on any atom is 0.0555 e. The van der Waals surface area contributed by atoms with Crippen molar-refractivity contribution in [2.45, 2.75) is 0 Å². The number of likely N-dealkylation sites (N-methyl/N-ethyl adjacent to an activating group) is 1. The standard InChI is InChI=1S/C13H23N3O8/c1-14(6-10(17)18)2-3-15(7-11(19)20)4-5-16(8-12(21)22)9-13(23)24/h2-9H2,1H3,(H,17,18)(H,19,20)(H,21,22)(H,23,24)/p-4. The van der Waals surface area contributed by atoms with Crippen molar-refractivity contribution < 1.29 is 39.6 Å². The van der Waals surface area contributed by atoms with Gasteiger partial charge >= 0.3 is 0 Å². The number of rotatable bonds is 14. The van der Waals surface area contributed by atoms with Crippen molar-refractivity contribution in [3.8, 4) is 0 Å². The van der Waals surface area contributed by atoms with E-state index in [1.807, 2.05) is 0 Å². The molecule has 0 atom stereocenters. The minimum atomic E-state index is -1.48. The Morgan fingerprint density at radius 3 is 1.33 bits per heavy atom. The molecule has 0 heterocycles. The van der Waals surface area contributed by atoms with Crippen molar-refractivity contribution in [1.82, 2.24) is 14.7 Å². The maximum absolute atomic E-state index is 10.7. The van der Waals surface area contributed by atoms with E-state index in [-0.39, 0.29) is 32.7 Å². The lowest BCUT2D eigenvalue weighted by molar-refractivity contribution is -0.311. The van der Waals surface area contributed by atoms with Crippen molar-refractivity contribution in [2.24, 2.45) is 0 Å². The Kier molecular flexibility index (Phi) is 10.3. The van der Waals surface area contributed by atoms with Gasteiger partial charge in [-0.2, -0.15) is 0 Å². The monoisotopic (exact) mass is 345 g/mol.